The Hall–Kier alpha value is -3.32. The standard InChI is InChI=1S/C28H12Br4N4O4/c29-13-9-15-21(17(31)11-13)35(27(39)19-5-1-3-7-33-19)23(25(15)37)24-26(38)16-10-14(30)12-18(32)22(16)36(24)28(40)20-6-2-4-8-34-20/h1-12H/p+1. The molecule has 5 aromatic rings. The smallest absolute Gasteiger partial charge is 0.444 e. The van der Waals surface area contributed by atoms with Gasteiger partial charge in [0.1, 0.15) is 11.3 Å². The first-order chi connectivity index (χ1) is 19.2. The summed E-state index contributed by atoms with van der Waals surface area (Å²) in [5.74, 6) is -2.14. The van der Waals surface area contributed by atoms with E-state index in [1.54, 1.807) is 48.5 Å². The second kappa shape index (κ2) is 10.3. The molecule has 0 radical (unpaired) electrons. The van der Waals surface area contributed by atoms with Crippen LogP contribution in [0.1, 0.15) is 37.0 Å². The zero-order valence-electron chi connectivity index (χ0n) is 19.9. The maximum Gasteiger partial charge on any atom is 0.444 e. The predicted molar refractivity (Wildman–Crippen MR) is 162 cm³/mol. The van der Waals surface area contributed by atoms with E-state index >= 15 is 0 Å². The van der Waals surface area contributed by atoms with Gasteiger partial charge in [0.2, 0.25) is 5.69 Å². The van der Waals surface area contributed by atoms with Gasteiger partial charge in [0.25, 0.3) is 17.4 Å². The molecule has 1 N–H and O–H groups in total. The number of halogens is 4. The number of carbonyl (C=O) groups excluding carboxylic acids is 3. The number of benzene rings is 2. The topological polar surface area (TPSA) is 105 Å². The van der Waals surface area contributed by atoms with Crippen LogP contribution in [0.25, 0.3) is 10.9 Å². The van der Waals surface area contributed by atoms with Crippen LogP contribution in [0.5, 0.6) is 5.75 Å². The van der Waals surface area contributed by atoms with Gasteiger partial charge in [-0.3, -0.25) is 19.1 Å². The highest BCUT2D eigenvalue weighted by Gasteiger charge is 2.49. The Labute approximate surface area is 259 Å². The summed E-state index contributed by atoms with van der Waals surface area (Å²) < 4.78 is 4.54. The quantitative estimate of drug-likeness (QED) is 0.197. The molecule has 3 aromatic heterocycles. The first-order valence-corrected chi connectivity index (χ1v) is 14.7. The molecule has 0 saturated carbocycles. The van der Waals surface area contributed by atoms with Gasteiger partial charge in [-0.05, 0) is 80.4 Å². The summed E-state index contributed by atoms with van der Waals surface area (Å²) in [5, 5.41) is 12.0. The molecule has 1 amide bonds. The van der Waals surface area contributed by atoms with Gasteiger partial charge in [-0.15, -0.1) is 4.58 Å². The van der Waals surface area contributed by atoms with Crippen LogP contribution in [0, 0.1) is 0 Å². The third kappa shape index (κ3) is 4.21. The summed E-state index contributed by atoms with van der Waals surface area (Å²) in [6, 6.07) is 16.3. The Bertz CT molecular complexity index is 1950. The summed E-state index contributed by atoms with van der Waals surface area (Å²) >= 11 is 13.8. The molecule has 6 rings (SSSR count). The van der Waals surface area contributed by atoms with E-state index in [2.05, 4.69) is 73.7 Å². The van der Waals surface area contributed by atoms with Crippen molar-refractivity contribution in [1.82, 2.24) is 14.5 Å². The Morgan fingerprint density at radius 3 is 2.10 bits per heavy atom. The van der Waals surface area contributed by atoms with Gasteiger partial charge in [-0.25, -0.2) is 9.78 Å². The Kier molecular flexibility index (Phi) is 6.89. The molecule has 4 heterocycles. The van der Waals surface area contributed by atoms with Crippen molar-refractivity contribution in [3.05, 3.63) is 114 Å². The average molecular weight is 789 g/mol. The summed E-state index contributed by atoms with van der Waals surface area (Å²) in [6.45, 7) is 0. The minimum Gasteiger partial charge on any atom is -0.505 e. The van der Waals surface area contributed by atoms with Crippen LogP contribution in [-0.2, 0) is 0 Å². The first-order valence-electron chi connectivity index (χ1n) is 11.5. The number of amides is 1. The number of hydrogen-bond acceptors (Lipinski definition) is 6. The Morgan fingerprint density at radius 2 is 1.45 bits per heavy atom. The van der Waals surface area contributed by atoms with Crippen molar-refractivity contribution in [2.75, 3.05) is 0 Å². The van der Waals surface area contributed by atoms with Crippen molar-refractivity contribution in [3.8, 4) is 5.75 Å². The van der Waals surface area contributed by atoms with E-state index in [0.29, 0.717) is 23.4 Å². The Morgan fingerprint density at radius 1 is 0.825 bits per heavy atom. The molecule has 0 saturated heterocycles. The predicted octanol–water partition coefficient (Wildman–Crippen LogP) is 7.05. The molecular formula is C28H13Br4N4O4+. The van der Waals surface area contributed by atoms with Crippen LogP contribution in [0.2, 0.25) is 0 Å². The number of aromatic nitrogens is 3. The number of nitrogens with zero attached hydrogens (tertiary/aromatic N) is 4. The maximum atomic E-state index is 14.2. The van der Waals surface area contributed by atoms with Crippen LogP contribution >= 0.6 is 63.7 Å². The van der Waals surface area contributed by atoms with Crippen LogP contribution in [-0.4, -0.2) is 47.5 Å². The van der Waals surface area contributed by atoms with E-state index in [9.17, 15) is 19.5 Å². The first kappa shape index (κ1) is 26.9. The zero-order valence-corrected chi connectivity index (χ0v) is 26.2. The third-order valence-corrected chi connectivity index (χ3v) is 8.41. The molecule has 0 bridgehead atoms. The van der Waals surface area contributed by atoms with Gasteiger partial charge in [-0.1, -0.05) is 44.0 Å². The van der Waals surface area contributed by atoms with E-state index in [-0.39, 0.29) is 45.2 Å². The van der Waals surface area contributed by atoms with Gasteiger partial charge in [-0.2, -0.15) is 0 Å². The number of fused-ring (bicyclic) bond motifs is 2. The Balaban J connectivity index is 1.77. The van der Waals surface area contributed by atoms with Crippen molar-refractivity contribution in [1.29, 1.82) is 0 Å². The molecule has 1 aliphatic rings. The van der Waals surface area contributed by atoms with Gasteiger partial charge in [0.15, 0.2) is 17.1 Å². The summed E-state index contributed by atoms with van der Waals surface area (Å²) in [5.41, 5.74) is 0.544. The van der Waals surface area contributed by atoms with Crippen molar-refractivity contribution >= 4 is 104 Å². The molecule has 2 aromatic carbocycles. The highest BCUT2D eigenvalue weighted by molar-refractivity contribution is 9.11. The minimum atomic E-state index is -0.618. The average Bonchev–Trinajstić information content (AvgIpc) is 3.39. The molecule has 40 heavy (non-hydrogen) atoms. The van der Waals surface area contributed by atoms with E-state index in [0.717, 1.165) is 0 Å². The molecule has 12 heteroatoms. The molecule has 0 spiro atoms. The number of pyridine rings is 2. The van der Waals surface area contributed by atoms with E-state index in [4.69, 9.17) is 0 Å². The van der Waals surface area contributed by atoms with Crippen molar-refractivity contribution in [3.63, 3.8) is 0 Å². The van der Waals surface area contributed by atoms with E-state index < -0.39 is 17.6 Å². The van der Waals surface area contributed by atoms with E-state index in [1.165, 1.54) is 33.7 Å². The fraction of sp³-hybridized carbons (Fsp3) is 0. The zero-order chi connectivity index (χ0) is 28.3. The fourth-order valence-electron chi connectivity index (χ4n) is 4.67. The van der Waals surface area contributed by atoms with E-state index in [1.807, 2.05) is 0 Å². The minimum absolute atomic E-state index is 0.0672. The lowest BCUT2D eigenvalue weighted by Crippen LogP contribution is -2.29. The summed E-state index contributed by atoms with van der Waals surface area (Å²) in [7, 11) is 0. The van der Waals surface area contributed by atoms with Gasteiger partial charge in [0, 0.05) is 31.2 Å². The SMILES string of the molecule is O=C1C(c2c(O)c3cc(Br)cc(Br)c3n2C(=O)c2ccccn2)=[N+](C(=O)c2ccccn2)c2c(Br)cc(Br)cc21. The number of ketones is 1. The molecule has 0 aliphatic carbocycles. The monoisotopic (exact) mass is 785 g/mol. The highest BCUT2D eigenvalue weighted by Crippen LogP contribution is 2.44. The number of rotatable bonds is 3. The molecule has 0 unspecified atom stereocenters. The molecule has 0 atom stereocenters. The van der Waals surface area contributed by atoms with Crippen LogP contribution in [0.15, 0.2) is 90.9 Å². The van der Waals surface area contributed by atoms with Gasteiger partial charge in [0.05, 0.1) is 9.99 Å². The fourth-order valence-corrected chi connectivity index (χ4v) is 7.48. The van der Waals surface area contributed by atoms with Gasteiger partial charge < -0.3 is 5.11 Å². The second-order valence-corrected chi connectivity index (χ2v) is 12.2. The number of hydrogen-bond donors (Lipinski definition) is 1. The molecular weight excluding hydrogens is 776 g/mol. The largest absolute Gasteiger partial charge is 0.505 e. The number of Topliss-reactive ketones (excluding diaryl/α,β-unsaturated/α-hetero) is 1. The summed E-state index contributed by atoms with van der Waals surface area (Å²) in [4.78, 5) is 50.6. The van der Waals surface area contributed by atoms with Crippen molar-refractivity contribution in [2.45, 2.75) is 0 Å². The van der Waals surface area contributed by atoms with Crippen molar-refractivity contribution in [2.24, 2.45) is 0 Å². The molecule has 1 aliphatic heterocycles. The van der Waals surface area contributed by atoms with Gasteiger partial charge >= 0.3 is 5.91 Å². The molecule has 196 valence electrons. The normalized spacial score (nSPS) is 12.8. The number of carbonyl (C=O) groups is 3. The maximum absolute atomic E-state index is 14.2. The number of aromatic hydroxyl groups is 1. The second-order valence-electron chi connectivity index (χ2n) is 8.65. The van der Waals surface area contributed by atoms with Crippen LogP contribution < -0.4 is 0 Å². The van der Waals surface area contributed by atoms with Crippen LogP contribution in [0.3, 0.4) is 0 Å². The lowest BCUT2D eigenvalue weighted by Gasteiger charge is -2.09. The third-order valence-electron chi connectivity index (χ3n) is 6.29. The lowest BCUT2D eigenvalue weighted by molar-refractivity contribution is -0.331. The molecule has 0 fully saturated rings. The van der Waals surface area contributed by atoms with Crippen molar-refractivity contribution < 1.29 is 24.1 Å². The van der Waals surface area contributed by atoms with Crippen LogP contribution in [0.4, 0.5) is 5.69 Å². The molecule has 8 nitrogen and oxygen atoms in total. The highest BCUT2D eigenvalue weighted by atomic mass is 79.9. The lowest BCUT2D eigenvalue weighted by atomic mass is 10.1. The summed E-state index contributed by atoms with van der Waals surface area (Å²) in [6.07, 6.45) is 2.94.